The number of carboxylic acid groups (broad SMARTS) is 1. The fourth-order valence-corrected chi connectivity index (χ4v) is 2.89. The van der Waals surface area contributed by atoms with Gasteiger partial charge in [-0.15, -0.1) is 0 Å². The van der Waals surface area contributed by atoms with E-state index in [0.717, 1.165) is 0 Å². The Balaban J connectivity index is 1.62. The molecule has 1 aromatic rings. The van der Waals surface area contributed by atoms with Gasteiger partial charge in [0, 0.05) is 32.1 Å². The molecule has 2 fully saturated rings. The number of carboxylic acids is 1. The van der Waals surface area contributed by atoms with E-state index in [0.29, 0.717) is 39.1 Å². The molecule has 8 heteroatoms. The molecule has 1 atom stereocenters. The van der Waals surface area contributed by atoms with Crippen LogP contribution in [0.25, 0.3) is 0 Å². The molecule has 1 amide bonds. The summed E-state index contributed by atoms with van der Waals surface area (Å²) < 4.78 is 12.7. The summed E-state index contributed by atoms with van der Waals surface area (Å²) in [5, 5.41) is 12.9. The standard InChI is InChI=1S/C14H19N3O5/c1-10(17-9-11(8-15-17)13(19)20)12(18)16-4-2-14(3-5-16)21-6-7-22-14/h8-10H,2-7H2,1H3,(H,19,20). The number of carbonyl (C=O) groups excluding carboxylic acids is 1. The lowest BCUT2D eigenvalue weighted by atomic mass is 10.0. The summed E-state index contributed by atoms with van der Waals surface area (Å²) in [6, 6.07) is -0.535. The Hall–Kier alpha value is -1.93. The number of nitrogens with zero attached hydrogens (tertiary/aromatic N) is 3. The molecular weight excluding hydrogens is 290 g/mol. The highest BCUT2D eigenvalue weighted by Crippen LogP contribution is 2.31. The van der Waals surface area contributed by atoms with Gasteiger partial charge < -0.3 is 19.5 Å². The van der Waals surface area contributed by atoms with Crippen LogP contribution >= 0.6 is 0 Å². The molecule has 8 nitrogen and oxygen atoms in total. The summed E-state index contributed by atoms with van der Waals surface area (Å²) in [5.41, 5.74) is 0.0741. The molecule has 2 aliphatic heterocycles. The van der Waals surface area contributed by atoms with Crippen molar-refractivity contribution in [3.05, 3.63) is 18.0 Å². The normalized spacial score (nSPS) is 22.0. The van der Waals surface area contributed by atoms with Crippen LogP contribution in [0.1, 0.15) is 36.2 Å². The van der Waals surface area contributed by atoms with Crippen molar-refractivity contribution in [1.29, 1.82) is 0 Å². The van der Waals surface area contributed by atoms with Gasteiger partial charge >= 0.3 is 5.97 Å². The fourth-order valence-electron chi connectivity index (χ4n) is 2.89. The van der Waals surface area contributed by atoms with Crippen LogP contribution in [0.5, 0.6) is 0 Å². The second kappa shape index (κ2) is 5.69. The molecule has 1 N–H and O–H groups in total. The van der Waals surface area contributed by atoms with Crippen molar-refractivity contribution in [2.45, 2.75) is 31.6 Å². The third-order valence-electron chi connectivity index (χ3n) is 4.25. The molecule has 1 unspecified atom stereocenters. The third-order valence-corrected chi connectivity index (χ3v) is 4.25. The maximum Gasteiger partial charge on any atom is 0.338 e. The smallest absolute Gasteiger partial charge is 0.338 e. The van der Waals surface area contributed by atoms with Crippen molar-refractivity contribution in [2.75, 3.05) is 26.3 Å². The first-order valence-corrected chi connectivity index (χ1v) is 7.35. The number of likely N-dealkylation sites (tertiary alicyclic amines) is 1. The van der Waals surface area contributed by atoms with Gasteiger partial charge in [0.15, 0.2) is 5.79 Å². The third kappa shape index (κ3) is 2.71. The Morgan fingerprint density at radius 1 is 1.32 bits per heavy atom. The number of piperidine rings is 1. The Labute approximate surface area is 127 Å². The number of carbonyl (C=O) groups is 2. The summed E-state index contributed by atoms with van der Waals surface area (Å²) in [5.74, 6) is -1.64. The summed E-state index contributed by atoms with van der Waals surface area (Å²) in [6.45, 7) is 4.06. The van der Waals surface area contributed by atoms with Crippen LogP contribution in [0, 0.1) is 0 Å². The molecule has 0 aromatic carbocycles. The molecule has 0 aliphatic carbocycles. The topological polar surface area (TPSA) is 93.9 Å². The van der Waals surface area contributed by atoms with Crippen LogP contribution in [0.2, 0.25) is 0 Å². The van der Waals surface area contributed by atoms with E-state index in [1.54, 1.807) is 11.8 Å². The van der Waals surface area contributed by atoms with E-state index >= 15 is 0 Å². The molecule has 2 saturated heterocycles. The fraction of sp³-hybridized carbons (Fsp3) is 0.643. The van der Waals surface area contributed by atoms with Gasteiger partial charge in [0.2, 0.25) is 5.91 Å². The minimum atomic E-state index is -1.05. The molecule has 22 heavy (non-hydrogen) atoms. The molecule has 0 bridgehead atoms. The lowest BCUT2D eigenvalue weighted by molar-refractivity contribution is -0.188. The van der Waals surface area contributed by atoms with Crippen molar-refractivity contribution in [1.82, 2.24) is 14.7 Å². The highest BCUT2D eigenvalue weighted by Gasteiger charge is 2.41. The Kier molecular flexibility index (Phi) is 3.88. The average molecular weight is 309 g/mol. The average Bonchev–Trinajstić information content (AvgIpc) is 3.16. The number of hydrogen-bond donors (Lipinski definition) is 1. The maximum absolute atomic E-state index is 12.5. The second-order valence-corrected chi connectivity index (χ2v) is 5.62. The van der Waals surface area contributed by atoms with Crippen molar-refractivity contribution in [3.63, 3.8) is 0 Å². The van der Waals surface area contributed by atoms with Crippen LogP contribution in [-0.2, 0) is 14.3 Å². The van der Waals surface area contributed by atoms with E-state index in [1.807, 2.05) is 0 Å². The second-order valence-electron chi connectivity index (χ2n) is 5.62. The highest BCUT2D eigenvalue weighted by atomic mass is 16.7. The summed E-state index contributed by atoms with van der Waals surface area (Å²) in [7, 11) is 0. The van der Waals surface area contributed by atoms with Gasteiger partial charge in [0.05, 0.1) is 25.0 Å². The molecule has 1 aromatic heterocycles. The number of hydrogen-bond acceptors (Lipinski definition) is 5. The number of amides is 1. The summed E-state index contributed by atoms with van der Waals surface area (Å²) in [6.07, 6.45) is 3.94. The Bertz CT molecular complexity index is 569. The van der Waals surface area contributed by atoms with Crippen LogP contribution in [0.3, 0.4) is 0 Å². The number of aromatic nitrogens is 2. The predicted octanol–water partition coefficient (Wildman–Crippen LogP) is 0.508. The first-order valence-electron chi connectivity index (χ1n) is 7.35. The Morgan fingerprint density at radius 2 is 1.95 bits per heavy atom. The molecular formula is C14H19N3O5. The summed E-state index contributed by atoms with van der Waals surface area (Å²) >= 11 is 0. The van der Waals surface area contributed by atoms with Gasteiger partial charge in [-0.2, -0.15) is 5.10 Å². The molecule has 0 radical (unpaired) electrons. The van der Waals surface area contributed by atoms with Gasteiger partial charge in [0.25, 0.3) is 0 Å². The van der Waals surface area contributed by atoms with Gasteiger partial charge in [-0.25, -0.2) is 4.79 Å². The van der Waals surface area contributed by atoms with Gasteiger partial charge in [-0.1, -0.05) is 0 Å². The zero-order valence-corrected chi connectivity index (χ0v) is 12.4. The van der Waals surface area contributed by atoms with Crippen LogP contribution in [-0.4, -0.2) is 63.8 Å². The van der Waals surface area contributed by atoms with E-state index in [4.69, 9.17) is 14.6 Å². The van der Waals surface area contributed by atoms with Crippen molar-refractivity contribution in [3.8, 4) is 0 Å². The van der Waals surface area contributed by atoms with Crippen molar-refractivity contribution >= 4 is 11.9 Å². The molecule has 3 rings (SSSR count). The number of ether oxygens (including phenoxy) is 2. The number of rotatable bonds is 3. The van der Waals surface area contributed by atoms with Crippen LogP contribution in [0.15, 0.2) is 12.4 Å². The molecule has 3 heterocycles. The van der Waals surface area contributed by atoms with E-state index in [2.05, 4.69) is 5.10 Å². The monoisotopic (exact) mass is 309 g/mol. The lowest BCUT2D eigenvalue weighted by Gasteiger charge is -2.38. The predicted molar refractivity (Wildman–Crippen MR) is 74.3 cm³/mol. The molecule has 0 saturated carbocycles. The SMILES string of the molecule is CC(C(=O)N1CCC2(CC1)OCCO2)n1cc(C(=O)O)cn1. The van der Waals surface area contributed by atoms with Gasteiger partial charge in [0.1, 0.15) is 6.04 Å². The van der Waals surface area contributed by atoms with Crippen LogP contribution < -0.4 is 0 Å². The first-order chi connectivity index (χ1) is 10.5. The quantitative estimate of drug-likeness (QED) is 0.874. The zero-order chi connectivity index (χ0) is 15.7. The zero-order valence-electron chi connectivity index (χ0n) is 12.4. The minimum absolute atomic E-state index is 0.0741. The highest BCUT2D eigenvalue weighted by molar-refractivity contribution is 5.87. The van der Waals surface area contributed by atoms with E-state index in [-0.39, 0.29) is 11.5 Å². The molecule has 2 aliphatic rings. The maximum atomic E-state index is 12.5. The van der Waals surface area contributed by atoms with E-state index in [1.165, 1.54) is 17.1 Å². The first kappa shape index (κ1) is 15.0. The largest absolute Gasteiger partial charge is 0.478 e. The van der Waals surface area contributed by atoms with E-state index in [9.17, 15) is 9.59 Å². The van der Waals surface area contributed by atoms with Gasteiger partial charge in [-0.3, -0.25) is 9.48 Å². The van der Waals surface area contributed by atoms with E-state index < -0.39 is 17.8 Å². The number of aromatic carboxylic acids is 1. The summed E-state index contributed by atoms with van der Waals surface area (Å²) in [4.78, 5) is 25.1. The van der Waals surface area contributed by atoms with Crippen LogP contribution in [0.4, 0.5) is 0 Å². The molecule has 120 valence electrons. The van der Waals surface area contributed by atoms with Crippen molar-refractivity contribution in [2.24, 2.45) is 0 Å². The molecule has 1 spiro atoms. The lowest BCUT2D eigenvalue weighted by Crippen LogP contribution is -2.48. The van der Waals surface area contributed by atoms with Crippen molar-refractivity contribution < 1.29 is 24.2 Å². The Morgan fingerprint density at radius 3 is 2.50 bits per heavy atom. The minimum Gasteiger partial charge on any atom is -0.478 e. The van der Waals surface area contributed by atoms with Gasteiger partial charge in [-0.05, 0) is 6.92 Å².